The van der Waals surface area contributed by atoms with Gasteiger partial charge in [0, 0.05) is 11.9 Å². The lowest BCUT2D eigenvalue weighted by molar-refractivity contribution is 0.442. The topological polar surface area (TPSA) is 37.8 Å². The zero-order valence-electron chi connectivity index (χ0n) is 10.3. The zero-order valence-corrected chi connectivity index (χ0v) is 11.0. The highest BCUT2D eigenvalue weighted by Gasteiger charge is 2.12. The van der Waals surface area contributed by atoms with Crippen molar-refractivity contribution in [2.24, 2.45) is 5.41 Å². The van der Waals surface area contributed by atoms with E-state index in [1.165, 1.54) is 0 Å². The Hall–Kier alpha value is -1.35. The van der Waals surface area contributed by atoms with Crippen LogP contribution in [0.1, 0.15) is 20.8 Å². The summed E-state index contributed by atoms with van der Waals surface area (Å²) in [6.07, 6.45) is 0. The molecule has 1 heterocycles. The van der Waals surface area contributed by atoms with Crippen LogP contribution in [-0.4, -0.2) is 16.5 Å². The Kier molecular flexibility index (Phi) is 3.20. The van der Waals surface area contributed by atoms with E-state index in [2.05, 4.69) is 36.1 Å². The summed E-state index contributed by atoms with van der Waals surface area (Å²) in [6, 6.07) is 7.85. The molecular formula is C13H16ClN3. The minimum Gasteiger partial charge on any atom is -0.369 e. The fourth-order valence-electron chi connectivity index (χ4n) is 1.53. The van der Waals surface area contributed by atoms with Gasteiger partial charge in [-0.25, -0.2) is 9.97 Å². The molecule has 0 aliphatic carbocycles. The molecule has 0 spiro atoms. The molecule has 0 amide bonds. The van der Waals surface area contributed by atoms with Gasteiger partial charge in [-0.1, -0.05) is 32.9 Å². The van der Waals surface area contributed by atoms with Crippen molar-refractivity contribution in [1.82, 2.24) is 9.97 Å². The molecule has 2 aromatic rings. The molecule has 0 fully saturated rings. The van der Waals surface area contributed by atoms with Gasteiger partial charge in [-0.15, -0.1) is 0 Å². The van der Waals surface area contributed by atoms with Gasteiger partial charge in [0.15, 0.2) is 0 Å². The van der Waals surface area contributed by atoms with Gasteiger partial charge in [-0.3, -0.25) is 0 Å². The second kappa shape index (κ2) is 4.49. The van der Waals surface area contributed by atoms with Crippen molar-refractivity contribution in [3.05, 3.63) is 29.5 Å². The summed E-state index contributed by atoms with van der Waals surface area (Å²) in [6.45, 7) is 7.35. The first-order valence-electron chi connectivity index (χ1n) is 5.62. The van der Waals surface area contributed by atoms with E-state index in [9.17, 15) is 0 Å². The molecular weight excluding hydrogens is 234 g/mol. The Balaban J connectivity index is 2.39. The van der Waals surface area contributed by atoms with Crippen LogP contribution in [0.25, 0.3) is 10.9 Å². The van der Waals surface area contributed by atoms with Gasteiger partial charge in [0.1, 0.15) is 5.82 Å². The van der Waals surface area contributed by atoms with Crippen LogP contribution in [0.5, 0.6) is 0 Å². The third-order valence-corrected chi connectivity index (χ3v) is 2.53. The molecule has 0 saturated heterocycles. The summed E-state index contributed by atoms with van der Waals surface area (Å²) in [7, 11) is 0. The fraction of sp³-hybridized carbons (Fsp3) is 0.385. The molecule has 3 nitrogen and oxygen atoms in total. The summed E-state index contributed by atoms with van der Waals surface area (Å²) in [5.74, 6) is 0.801. The Labute approximate surface area is 106 Å². The highest BCUT2D eigenvalue weighted by molar-refractivity contribution is 6.28. The van der Waals surface area contributed by atoms with E-state index in [1.54, 1.807) is 0 Å². The quantitative estimate of drug-likeness (QED) is 0.824. The van der Waals surface area contributed by atoms with Gasteiger partial charge in [-0.2, -0.15) is 0 Å². The van der Waals surface area contributed by atoms with Crippen LogP contribution < -0.4 is 5.32 Å². The summed E-state index contributed by atoms with van der Waals surface area (Å²) < 4.78 is 0. The molecule has 0 saturated carbocycles. The molecule has 2 rings (SSSR count). The number of rotatable bonds is 2. The summed E-state index contributed by atoms with van der Waals surface area (Å²) >= 11 is 5.91. The third-order valence-electron chi connectivity index (χ3n) is 2.36. The highest BCUT2D eigenvalue weighted by atomic mass is 35.5. The van der Waals surface area contributed by atoms with Crippen molar-refractivity contribution in [2.45, 2.75) is 20.8 Å². The molecule has 1 aromatic carbocycles. The van der Waals surface area contributed by atoms with E-state index in [4.69, 9.17) is 11.6 Å². The largest absolute Gasteiger partial charge is 0.369 e. The van der Waals surface area contributed by atoms with Crippen LogP contribution in [-0.2, 0) is 0 Å². The van der Waals surface area contributed by atoms with E-state index in [0.717, 1.165) is 23.3 Å². The van der Waals surface area contributed by atoms with E-state index < -0.39 is 0 Å². The number of para-hydroxylation sites is 1. The van der Waals surface area contributed by atoms with Crippen molar-refractivity contribution in [3.8, 4) is 0 Å². The van der Waals surface area contributed by atoms with Crippen molar-refractivity contribution in [2.75, 3.05) is 11.9 Å². The van der Waals surface area contributed by atoms with Gasteiger partial charge in [0.05, 0.1) is 5.52 Å². The van der Waals surface area contributed by atoms with Crippen LogP contribution in [0.15, 0.2) is 24.3 Å². The zero-order chi connectivity index (χ0) is 12.5. The number of anilines is 1. The van der Waals surface area contributed by atoms with Crippen molar-refractivity contribution >= 4 is 28.3 Å². The number of benzene rings is 1. The minimum atomic E-state index is 0.193. The van der Waals surface area contributed by atoms with E-state index >= 15 is 0 Å². The molecule has 4 heteroatoms. The first kappa shape index (κ1) is 12.1. The van der Waals surface area contributed by atoms with Gasteiger partial charge in [0.25, 0.3) is 0 Å². The number of nitrogens with one attached hydrogen (secondary N) is 1. The Morgan fingerprint density at radius 2 is 1.88 bits per heavy atom. The maximum atomic E-state index is 5.91. The van der Waals surface area contributed by atoms with Gasteiger partial charge >= 0.3 is 0 Å². The first-order chi connectivity index (χ1) is 7.96. The molecule has 1 N–H and O–H groups in total. The summed E-state index contributed by atoms with van der Waals surface area (Å²) in [5, 5.41) is 4.61. The normalized spacial score (nSPS) is 11.8. The standard InChI is InChI=1S/C13H16ClN3/c1-13(2,3)8-15-11-9-6-4-5-7-10(9)16-12(14)17-11/h4-7H,8H2,1-3H3,(H,15,16,17). The van der Waals surface area contributed by atoms with Crippen molar-refractivity contribution < 1.29 is 0 Å². The van der Waals surface area contributed by atoms with Crippen LogP contribution in [0.2, 0.25) is 5.28 Å². The molecule has 1 aromatic heterocycles. The van der Waals surface area contributed by atoms with Gasteiger partial charge in [0.2, 0.25) is 5.28 Å². The third kappa shape index (κ3) is 3.07. The number of halogens is 1. The number of aromatic nitrogens is 2. The SMILES string of the molecule is CC(C)(C)CNc1nc(Cl)nc2ccccc12. The summed E-state index contributed by atoms with van der Waals surface area (Å²) in [5.41, 5.74) is 1.06. The second-order valence-electron chi connectivity index (χ2n) is 5.27. The fourth-order valence-corrected chi connectivity index (χ4v) is 1.71. The molecule has 0 aliphatic rings. The minimum absolute atomic E-state index is 0.193. The van der Waals surface area contributed by atoms with Crippen molar-refractivity contribution in [3.63, 3.8) is 0 Å². The highest BCUT2D eigenvalue weighted by Crippen LogP contribution is 2.23. The molecule has 0 unspecified atom stereocenters. The van der Waals surface area contributed by atoms with E-state index in [0.29, 0.717) is 0 Å². The molecule has 90 valence electrons. The average molecular weight is 250 g/mol. The summed E-state index contributed by atoms with van der Waals surface area (Å²) in [4.78, 5) is 8.44. The van der Waals surface area contributed by atoms with Crippen LogP contribution in [0, 0.1) is 5.41 Å². The lowest BCUT2D eigenvalue weighted by Gasteiger charge is -2.19. The Morgan fingerprint density at radius 3 is 2.59 bits per heavy atom. The maximum absolute atomic E-state index is 5.91. The molecule has 0 atom stereocenters. The number of nitrogens with zero attached hydrogens (tertiary/aromatic N) is 2. The smallest absolute Gasteiger partial charge is 0.224 e. The number of hydrogen-bond donors (Lipinski definition) is 1. The van der Waals surface area contributed by atoms with E-state index in [-0.39, 0.29) is 10.7 Å². The number of hydrogen-bond acceptors (Lipinski definition) is 3. The first-order valence-corrected chi connectivity index (χ1v) is 6.00. The van der Waals surface area contributed by atoms with Crippen molar-refractivity contribution in [1.29, 1.82) is 0 Å². The van der Waals surface area contributed by atoms with Crippen LogP contribution in [0.4, 0.5) is 5.82 Å². The monoisotopic (exact) mass is 249 g/mol. The molecule has 0 aliphatic heterocycles. The predicted octanol–water partition coefficient (Wildman–Crippen LogP) is 3.74. The maximum Gasteiger partial charge on any atom is 0.224 e. The molecule has 0 bridgehead atoms. The number of fused-ring (bicyclic) bond motifs is 1. The molecule has 0 radical (unpaired) electrons. The van der Waals surface area contributed by atoms with Crippen LogP contribution >= 0.6 is 11.6 Å². The predicted molar refractivity (Wildman–Crippen MR) is 72.5 cm³/mol. The Bertz CT molecular complexity index is 532. The lowest BCUT2D eigenvalue weighted by atomic mass is 9.97. The van der Waals surface area contributed by atoms with E-state index in [1.807, 2.05) is 24.3 Å². The second-order valence-corrected chi connectivity index (χ2v) is 5.61. The van der Waals surface area contributed by atoms with Gasteiger partial charge < -0.3 is 5.32 Å². The van der Waals surface area contributed by atoms with Gasteiger partial charge in [-0.05, 0) is 29.1 Å². The Morgan fingerprint density at radius 1 is 1.18 bits per heavy atom. The molecule has 17 heavy (non-hydrogen) atoms. The van der Waals surface area contributed by atoms with Crippen LogP contribution in [0.3, 0.4) is 0 Å². The lowest BCUT2D eigenvalue weighted by Crippen LogP contribution is -2.19. The average Bonchev–Trinajstić information content (AvgIpc) is 2.24.